The predicted octanol–water partition coefficient (Wildman–Crippen LogP) is -2.48. The lowest BCUT2D eigenvalue weighted by Crippen LogP contribution is -2.51. The zero-order valence-electron chi connectivity index (χ0n) is 10.3. The molecule has 19 heavy (non-hydrogen) atoms. The summed E-state index contributed by atoms with van der Waals surface area (Å²) in [5.41, 5.74) is -0.968. The summed E-state index contributed by atoms with van der Waals surface area (Å²) in [4.78, 5) is 36.8. The second-order valence-electron chi connectivity index (χ2n) is 5.35. The van der Waals surface area contributed by atoms with Crippen molar-refractivity contribution in [2.75, 3.05) is 19.6 Å². The molecule has 104 valence electrons. The number of β-amino-alcohol motifs (C(OH)–C–C–N with tert-alkyl or cyclic N) is 1. The molecule has 3 unspecified atom stereocenters. The molecular formula is C11H16N4O4. The second kappa shape index (κ2) is 4.17. The van der Waals surface area contributed by atoms with E-state index in [1.807, 2.05) is 0 Å². The first-order chi connectivity index (χ1) is 9.00. The van der Waals surface area contributed by atoms with Gasteiger partial charge in [-0.2, -0.15) is 0 Å². The number of carbonyl (C=O) groups excluding carboxylic acids is 3. The van der Waals surface area contributed by atoms with Gasteiger partial charge in [0.15, 0.2) is 0 Å². The van der Waals surface area contributed by atoms with E-state index >= 15 is 0 Å². The van der Waals surface area contributed by atoms with Gasteiger partial charge < -0.3 is 20.6 Å². The van der Waals surface area contributed by atoms with E-state index in [1.165, 1.54) is 0 Å². The topological polar surface area (TPSA) is 111 Å². The number of nitrogens with zero attached hydrogens (tertiary/aromatic N) is 1. The maximum Gasteiger partial charge on any atom is 0.322 e. The van der Waals surface area contributed by atoms with Gasteiger partial charge >= 0.3 is 6.03 Å². The van der Waals surface area contributed by atoms with Crippen molar-refractivity contribution < 1.29 is 19.5 Å². The Hall–Kier alpha value is -1.67. The molecule has 1 spiro atoms. The van der Waals surface area contributed by atoms with Crippen LogP contribution in [0, 0.1) is 0 Å². The van der Waals surface area contributed by atoms with E-state index in [9.17, 15) is 19.5 Å². The van der Waals surface area contributed by atoms with Gasteiger partial charge in [0.05, 0.1) is 18.7 Å². The SMILES string of the molecule is O=C1NC(=O)C2(CCN(C(=O)C3CC(O)CN3)C2)N1. The quantitative estimate of drug-likeness (QED) is 0.394. The Labute approximate surface area is 109 Å². The number of carbonyl (C=O) groups is 3. The van der Waals surface area contributed by atoms with Crippen LogP contribution in [0.5, 0.6) is 0 Å². The number of hydrogen-bond donors (Lipinski definition) is 4. The lowest BCUT2D eigenvalue weighted by molar-refractivity contribution is -0.132. The number of urea groups is 1. The van der Waals surface area contributed by atoms with Crippen LogP contribution in [-0.2, 0) is 9.59 Å². The van der Waals surface area contributed by atoms with Crippen molar-refractivity contribution in [2.45, 2.75) is 30.5 Å². The first kappa shape index (κ1) is 12.4. The highest BCUT2D eigenvalue weighted by Crippen LogP contribution is 2.25. The first-order valence-electron chi connectivity index (χ1n) is 6.34. The normalized spacial score (nSPS) is 37.8. The summed E-state index contributed by atoms with van der Waals surface area (Å²) in [6, 6.07) is -0.904. The average molecular weight is 268 g/mol. The van der Waals surface area contributed by atoms with E-state index in [2.05, 4.69) is 16.0 Å². The minimum Gasteiger partial charge on any atom is -0.392 e. The van der Waals surface area contributed by atoms with Crippen LogP contribution in [0.3, 0.4) is 0 Å². The standard InChI is InChI=1S/C11H16N4O4/c16-6-3-7(12-4-6)8(17)15-2-1-11(5-15)9(18)13-10(19)14-11/h6-7,12,16H,1-5H2,(H2,13,14,18,19). The summed E-state index contributed by atoms with van der Waals surface area (Å²) in [5, 5.41) is 17.2. The van der Waals surface area contributed by atoms with E-state index in [0.29, 0.717) is 25.9 Å². The Morgan fingerprint density at radius 2 is 2.21 bits per heavy atom. The van der Waals surface area contributed by atoms with Crippen LogP contribution in [0.15, 0.2) is 0 Å². The van der Waals surface area contributed by atoms with Crippen LogP contribution >= 0.6 is 0 Å². The highest BCUT2D eigenvalue weighted by Gasteiger charge is 2.52. The third-order valence-electron chi connectivity index (χ3n) is 4.00. The molecule has 0 aromatic carbocycles. The smallest absolute Gasteiger partial charge is 0.322 e. The number of rotatable bonds is 1. The van der Waals surface area contributed by atoms with Crippen molar-refractivity contribution in [1.82, 2.24) is 20.9 Å². The molecule has 0 bridgehead atoms. The minimum atomic E-state index is -0.968. The van der Waals surface area contributed by atoms with Crippen molar-refractivity contribution in [1.29, 1.82) is 0 Å². The van der Waals surface area contributed by atoms with Gasteiger partial charge in [0, 0.05) is 13.1 Å². The number of nitrogens with one attached hydrogen (secondary N) is 3. The fourth-order valence-electron chi connectivity index (χ4n) is 2.94. The van der Waals surface area contributed by atoms with E-state index < -0.39 is 23.7 Å². The Morgan fingerprint density at radius 3 is 2.79 bits per heavy atom. The molecule has 0 aromatic rings. The number of hydrogen-bond acceptors (Lipinski definition) is 5. The van der Waals surface area contributed by atoms with Gasteiger partial charge in [0.1, 0.15) is 5.54 Å². The number of aliphatic hydroxyl groups excluding tert-OH is 1. The Kier molecular flexibility index (Phi) is 2.72. The van der Waals surface area contributed by atoms with Crippen molar-refractivity contribution in [3.8, 4) is 0 Å². The maximum atomic E-state index is 12.2. The van der Waals surface area contributed by atoms with Crippen LogP contribution in [-0.4, -0.2) is 65.2 Å². The third-order valence-corrected chi connectivity index (χ3v) is 4.00. The molecule has 8 heteroatoms. The number of likely N-dealkylation sites (tertiary alicyclic amines) is 1. The third kappa shape index (κ3) is 1.96. The highest BCUT2D eigenvalue weighted by molar-refractivity contribution is 6.07. The molecule has 0 radical (unpaired) electrons. The molecule has 3 aliphatic heterocycles. The number of imide groups is 1. The van der Waals surface area contributed by atoms with E-state index in [-0.39, 0.29) is 18.4 Å². The van der Waals surface area contributed by atoms with Gasteiger partial charge in [-0.05, 0) is 12.8 Å². The van der Waals surface area contributed by atoms with Crippen molar-refractivity contribution in [3.63, 3.8) is 0 Å². The Morgan fingerprint density at radius 1 is 1.42 bits per heavy atom. The number of amides is 4. The fourth-order valence-corrected chi connectivity index (χ4v) is 2.94. The monoisotopic (exact) mass is 268 g/mol. The summed E-state index contributed by atoms with van der Waals surface area (Å²) < 4.78 is 0. The molecule has 3 heterocycles. The van der Waals surface area contributed by atoms with Crippen LogP contribution in [0.2, 0.25) is 0 Å². The van der Waals surface area contributed by atoms with Crippen molar-refractivity contribution in [2.24, 2.45) is 0 Å². The molecule has 3 fully saturated rings. The predicted molar refractivity (Wildman–Crippen MR) is 63.0 cm³/mol. The summed E-state index contributed by atoms with van der Waals surface area (Å²) in [7, 11) is 0. The van der Waals surface area contributed by atoms with Crippen molar-refractivity contribution in [3.05, 3.63) is 0 Å². The Bertz CT molecular complexity index is 454. The van der Waals surface area contributed by atoms with Gasteiger partial charge in [-0.3, -0.25) is 14.9 Å². The number of aliphatic hydroxyl groups is 1. The van der Waals surface area contributed by atoms with E-state index in [4.69, 9.17) is 0 Å². The summed E-state index contributed by atoms with van der Waals surface area (Å²) >= 11 is 0. The maximum absolute atomic E-state index is 12.2. The lowest BCUT2D eigenvalue weighted by Gasteiger charge is -2.23. The minimum absolute atomic E-state index is 0.123. The molecule has 0 aromatic heterocycles. The zero-order valence-corrected chi connectivity index (χ0v) is 10.3. The van der Waals surface area contributed by atoms with E-state index in [1.54, 1.807) is 4.90 Å². The molecule has 3 saturated heterocycles. The molecule has 0 aliphatic carbocycles. The summed E-state index contributed by atoms with van der Waals surface area (Å²) in [5.74, 6) is -0.491. The second-order valence-corrected chi connectivity index (χ2v) is 5.35. The summed E-state index contributed by atoms with van der Waals surface area (Å²) in [6.45, 7) is 1.03. The van der Waals surface area contributed by atoms with Gasteiger partial charge in [0.2, 0.25) is 5.91 Å². The molecule has 0 saturated carbocycles. The average Bonchev–Trinajstić information content (AvgIpc) is 3.01. The first-order valence-corrected chi connectivity index (χ1v) is 6.34. The molecular weight excluding hydrogens is 252 g/mol. The van der Waals surface area contributed by atoms with Crippen LogP contribution in [0.25, 0.3) is 0 Å². The van der Waals surface area contributed by atoms with Gasteiger partial charge in [-0.15, -0.1) is 0 Å². The lowest BCUT2D eigenvalue weighted by atomic mass is 9.99. The van der Waals surface area contributed by atoms with Gasteiger partial charge in [0.25, 0.3) is 5.91 Å². The molecule has 4 amide bonds. The molecule has 3 atom stereocenters. The highest BCUT2D eigenvalue weighted by atomic mass is 16.3. The van der Waals surface area contributed by atoms with Crippen LogP contribution in [0.4, 0.5) is 4.79 Å². The van der Waals surface area contributed by atoms with Gasteiger partial charge in [-0.1, -0.05) is 0 Å². The zero-order chi connectivity index (χ0) is 13.6. The van der Waals surface area contributed by atoms with Crippen molar-refractivity contribution >= 4 is 17.8 Å². The largest absolute Gasteiger partial charge is 0.392 e. The van der Waals surface area contributed by atoms with Crippen LogP contribution in [0.1, 0.15) is 12.8 Å². The Balaban J connectivity index is 1.67. The van der Waals surface area contributed by atoms with E-state index in [0.717, 1.165) is 0 Å². The van der Waals surface area contributed by atoms with Crippen LogP contribution < -0.4 is 16.0 Å². The molecule has 3 rings (SSSR count). The summed E-state index contributed by atoms with van der Waals surface area (Å²) in [6.07, 6.45) is 0.312. The van der Waals surface area contributed by atoms with Gasteiger partial charge in [-0.25, -0.2) is 4.79 Å². The fraction of sp³-hybridized carbons (Fsp3) is 0.727. The molecule has 3 aliphatic rings. The molecule has 4 N–H and O–H groups in total. The molecule has 8 nitrogen and oxygen atoms in total.